The summed E-state index contributed by atoms with van der Waals surface area (Å²) in [5.74, 6) is 0.497. The zero-order chi connectivity index (χ0) is 22.4. The van der Waals surface area contributed by atoms with Crippen LogP contribution in [-0.4, -0.2) is 21.7 Å². The summed E-state index contributed by atoms with van der Waals surface area (Å²) in [4.78, 5) is 2.34. The van der Waals surface area contributed by atoms with Crippen LogP contribution in [0.1, 0.15) is 22.3 Å². The molecule has 0 aliphatic carbocycles. The van der Waals surface area contributed by atoms with Gasteiger partial charge in [0, 0.05) is 5.56 Å². The third-order valence-electron chi connectivity index (χ3n) is 4.70. The van der Waals surface area contributed by atoms with E-state index in [1.807, 2.05) is 13.8 Å². The van der Waals surface area contributed by atoms with E-state index in [0.717, 1.165) is 11.1 Å². The van der Waals surface area contributed by atoms with Gasteiger partial charge in [-0.3, -0.25) is 0 Å². The first-order chi connectivity index (χ1) is 14.8. The van der Waals surface area contributed by atoms with Crippen molar-refractivity contribution in [1.29, 1.82) is 0 Å². The number of aryl methyl sites for hydroxylation is 2. The number of nitrogens with zero attached hydrogens (tertiary/aromatic N) is 1. The molecule has 0 unspecified atom stereocenters. The van der Waals surface area contributed by atoms with Crippen LogP contribution in [0.2, 0.25) is 0 Å². The van der Waals surface area contributed by atoms with Gasteiger partial charge in [-0.1, -0.05) is 24.3 Å². The van der Waals surface area contributed by atoms with Crippen LogP contribution in [0.5, 0.6) is 11.5 Å². The zero-order valence-electron chi connectivity index (χ0n) is 17.4. The van der Waals surface area contributed by atoms with E-state index in [1.54, 1.807) is 48.5 Å². The monoisotopic (exact) mass is 442 g/mol. The summed E-state index contributed by atoms with van der Waals surface area (Å²) in [6, 6.07) is 16.2. The molecule has 162 valence electrons. The molecule has 0 bridgehead atoms. The minimum absolute atomic E-state index is 0.0479. The number of ether oxygens (including phenoxy) is 2. The average molecular weight is 443 g/mol. The van der Waals surface area contributed by atoms with Gasteiger partial charge in [-0.15, -0.1) is 0 Å². The summed E-state index contributed by atoms with van der Waals surface area (Å²) in [7, 11) is -2.30. The highest BCUT2D eigenvalue weighted by atomic mass is 32.2. The largest absolute Gasteiger partial charge is 0.493 e. The highest BCUT2D eigenvalue weighted by Gasteiger charge is 2.13. The molecule has 0 fully saturated rings. The molecule has 1 N–H and O–H groups in total. The van der Waals surface area contributed by atoms with Crippen LogP contribution in [-0.2, 0) is 16.6 Å². The SMILES string of the molecule is COc1cc(/C=N/NS(=O)(=O)c2ccc(C)c(C)c2)ccc1OCc1ccccc1F. The van der Waals surface area contributed by atoms with E-state index in [9.17, 15) is 12.8 Å². The minimum Gasteiger partial charge on any atom is -0.493 e. The lowest BCUT2D eigenvalue weighted by atomic mass is 10.1. The number of halogens is 1. The topological polar surface area (TPSA) is 77.0 Å². The molecule has 0 saturated heterocycles. The molecule has 0 atom stereocenters. The van der Waals surface area contributed by atoms with Crippen molar-refractivity contribution in [2.75, 3.05) is 7.11 Å². The average Bonchev–Trinajstić information content (AvgIpc) is 2.75. The van der Waals surface area contributed by atoms with Crippen LogP contribution in [0.4, 0.5) is 4.39 Å². The first kappa shape index (κ1) is 22.3. The molecule has 0 amide bonds. The molecule has 3 aromatic rings. The second-order valence-electron chi connectivity index (χ2n) is 6.89. The summed E-state index contributed by atoms with van der Waals surface area (Å²) in [5, 5.41) is 3.84. The lowest BCUT2D eigenvalue weighted by Gasteiger charge is -2.11. The van der Waals surface area contributed by atoms with E-state index >= 15 is 0 Å². The van der Waals surface area contributed by atoms with Gasteiger partial charge >= 0.3 is 0 Å². The zero-order valence-corrected chi connectivity index (χ0v) is 18.2. The maximum atomic E-state index is 13.8. The number of hydrazone groups is 1. The number of sulfonamides is 1. The summed E-state index contributed by atoms with van der Waals surface area (Å²) in [5.41, 5.74) is 2.91. The van der Waals surface area contributed by atoms with Crippen molar-refractivity contribution in [3.05, 3.63) is 88.7 Å². The third-order valence-corrected chi connectivity index (χ3v) is 5.92. The van der Waals surface area contributed by atoms with Gasteiger partial charge in [0.2, 0.25) is 0 Å². The number of methoxy groups -OCH3 is 1. The Morgan fingerprint density at radius 2 is 1.77 bits per heavy atom. The minimum atomic E-state index is -3.78. The molecular formula is C23H23FN2O4S. The van der Waals surface area contributed by atoms with Gasteiger partial charge in [-0.25, -0.2) is 9.22 Å². The molecule has 0 aliphatic rings. The van der Waals surface area contributed by atoms with E-state index in [0.29, 0.717) is 22.6 Å². The molecule has 0 spiro atoms. The third kappa shape index (κ3) is 5.61. The van der Waals surface area contributed by atoms with Gasteiger partial charge in [-0.2, -0.15) is 13.5 Å². The molecular weight excluding hydrogens is 419 g/mol. The van der Waals surface area contributed by atoms with E-state index in [1.165, 1.54) is 25.5 Å². The predicted octanol–water partition coefficient (Wildman–Crippen LogP) is 4.34. The summed E-state index contributed by atoms with van der Waals surface area (Å²) < 4.78 is 49.6. The van der Waals surface area contributed by atoms with E-state index in [2.05, 4.69) is 9.93 Å². The smallest absolute Gasteiger partial charge is 0.276 e. The van der Waals surface area contributed by atoms with Crippen LogP contribution in [0.15, 0.2) is 70.7 Å². The Kier molecular flexibility index (Phi) is 6.91. The van der Waals surface area contributed by atoms with E-state index in [-0.39, 0.29) is 17.3 Å². The van der Waals surface area contributed by atoms with Crippen molar-refractivity contribution >= 4 is 16.2 Å². The fourth-order valence-electron chi connectivity index (χ4n) is 2.76. The summed E-state index contributed by atoms with van der Waals surface area (Å²) >= 11 is 0. The molecule has 8 heteroatoms. The molecule has 0 aromatic heterocycles. The van der Waals surface area contributed by atoms with Crippen molar-refractivity contribution < 1.29 is 22.3 Å². The number of nitrogens with one attached hydrogen (secondary N) is 1. The van der Waals surface area contributed by atoms with E-state index < -0.39 is 10.0 Å². The predicted molar refractivity (Wildman–Crippen MR) is 118 cm³/mol. The number of hydrogen-bond donors (Lipinski definition) is 1. The summed E-state index contributed by atoms with van der Waals surface area (Å²) in [6.45, 7) is 3.81. The van der Waals surface area contributed by atoms with Crippen molar-refractivity contribution in [1.82, 2.24) is 4.83 Å². The number of hydrogen-bond acceptors (Lipinski definition) is 5. The first-order valence-corrected chi connectivity index (χ1v) is 10.9. The maximum Gasteiger partial charge on any atom is 0.276 e. The Labute approximate surface area is 181 Å². The molecule has 3 rings (SSSR count). The fraction of sp³-hybridized carbons (Fsp3) is 0.174. The number of rotatable bonds is 8. The van der Waals surface area contributed by atoms with Crippen molar-refractivity contribution in [3.8, 4) is 11.5 Å². The lowest BCUT2D eigenvalue weighted by Crippen LogP contribution is -2.18. The highest BCUT2D eigenvalue weighted by molar-refractivity contribution is 7.89. The van der Waals surface area contributed by atoms with Crippen molar-refractivity contribution in [2.45, 2.75) is 25.3 Å². The molecule has 0 aliphatic heterocycles. The standard InChI is InChI=1S/C23H23FN2O4S/c1-16-8-10-20(12-17(16)2)31(27,28)26-25-14-18-9-11-22(23(13-18)29-3)30-15-19-6-4-5-7-21(19)24/h4-14,26H,15H2,1-3H3/b25-14+. The molecule has 0 saturated carbocycles. The second-order valence-corrected chi connectivity index (χ2v) is 8.55. The van der Waals surface area contributed by atoms with Gasteiger partial charge in [-0.05, 0) is 66.9 Å². The van der Waals surface area contributed by atoms with Gasteiger partial charge in [0.05, 0.1) is 18.2 Å². The maximum absolute atomic E-state index is 13.8. The first-order valence-electron chi connectivity index (χ1n) is 9.46. The van der Waals surface area contributed by atoms with Gasteiger partial charge in [0.25, 0.3) is 10.0 Å². The normalized spacial score (nSPS) is 11.5. The molecule has 0 heterocycles. The van der Waals surface area contributed by atoms with Crippen LogP contribution in [0.3, 0.4) is 0 Å². The Hall–Kier alpha value is -3.39. The lowest BCUT2D eigenvalue weighted by molar-refractivity contribution is 0.279. The highest BCUT2D eigenvalue weighted by Crippen LogP contribution is 2.28. The van der Waals surface area contributed by atoms with Gasteiger partial charge < -0.3 is 9.47 Å². The summed E-state index contributed by atoms with van der Waals surface area (Å²) in [6.07, 6.45) is 1.36. The van der Waals surface area contributed by atoms with Gasteiger partial charge in [0.15, 0.2) is 11.5 Å². The van der Waals surface area contributed by atoms with Gasteiger partial charge in [0.1, 0.15) is 12.4 Å². The van der Waals surface area contributed by atoms with Crippen LogP contribution in [0.25, 0.3) is 0 Å². The quantitative estimate of drug-likeness (QED) is 0.416. The van der Waals surface area contributed by atoms with E-state index in [4.69, 9.17) is 9.47 Å². The molecule has 0 radical (unpaired) electrons. The Morgan fingerprint density at radius 1 is 1.00 bits per heavy atom. The second kappa shape index (κ2) is 9.61. The Bertz CT molecular complexity index is 1210. The van der Waals surface area contributed by atoms with Crippen molar-refractivity contribution in [2.24, 2.45) is 5.10 Å². The fourth-order valence-corrected chi connectivity index (χ4v) is 3.63. The van der Waals surface area contributed by atoms with Crippen LogP contribution < -0.4 is 14.3 Å². The molecule has 3 aromatic carbocycles. The van der Waals surface area contributed by atoms with Crippen LogP contribution >= 0.6 is 0 Å². The molecule has 31 heavy (non-hydrogen) atoms. The Morgan fingerprint density at radius 3 is 2.48 bits per heavy atom. The number of benzene rings is 3. The van der Waals surface area contributed by atoms with Crippen LogP contribution in [0, 0.1) is 19.7 Å². The van der Waals surface area contributed by atoms with Crippen molar-refractivity contribution in [3.63, 3.8) is 0 Å². The Balaban J connectivity index is 1.69. The molecule has 6 nitrogen and oxygen atoms in total.